The van der Waals surface area contributed by atoms with E-state index in [-0.39, 0.29) is 6.61 Å². The number of aliphatic hydroxyl groups excluding tert-OH is 1. The quantitative estimate of drug-likeness (QED) is 0.786. The molecule has 0 aliphatic carbocycles. The zero-order valence-corrected chi connectivity index (χ0v) is 9.13. The molecule has 1 unspecified atom stereocenters. The fourth-order valence-corrected chi connectivity index (χ4v) is 2.23. The molecular formula is C10H18N4O. The SMILES string of the molecule is CCN1CCCC(n2cnnc2CO)C1. The van der Waals surface area contributed by atoms with E-state index in [1.807, 2.05) is 4.57 Å². The van der Waals surface area contributed by atoms with Gasteiger partial charge >= 0.3 is 0 Å². The predicted molar refractivity (Wildman–Crippen MR) is 56.3 cm³/mol. The second-order valence-corrected chi connectivity index (χ2v) is 4.00. The second-order valence-electron chi connectivity index (χ2n) is 4.00. The average molecular weight is 210 g/mol. The van der Waals surface area contributed by atoms with Crippen LogP contribution in [0.5, 0.6) is 0 Å². The molecule has 1 saturated heterocycles. The highest BCUT2D eigenvalue weighted by atomic mass is 16.3. The molecule has 0 saturated carbocycles. The molecule has 1 N–H and O–H groups in total. The normalized spacial score (nSPS) is 23.2. The van der Waals surface area contributed by atoms with E-state index in [0.29, 0.717) is 11.9 Å². The molecule has 5 nitrogen and oxygen atoms in total. The molecule has 1 fully saturated rings. The Kier molecular flexibility index (Phi) is 3.33. The van der Waals surface area contributed by atoms with Gasteiger partial charge in [-0.3, -0.25) is 0 Å². The van der Waals surface area contributed by atoms with Gasteiger partial charge in [0, 0.05) is 12.6 Å². The van der Waals surface area contributed by atoms with Crippen LogP contribution in [-0.2, 0) is 6.61 Å². The predicted octanol–water partition coefficient (Wildman–Crippen LogP) is 0.427. The summed E-state index contributed by atoms with van der Waals surface area (Å²) >= 11 is 0. The Bertz CT molecular complexity index is 312. The lowest BCUT2D eigenvalue weighted by Crippen LogP contribution is -2.36. The van der Waals surface area contributed by atoms with Crippen molar-refractivity contribution >= 4 is 0 Å². The molecule has 0 bridgehead atoms. The van der Waals surface area contributed by atoms with Crippen LogP contribution >= 0.6 is 0 Å². The highest BCUT2D eigenvalue weighted by molar-refractivity contribution is 4.89. The Hall–Kier alpha value is -0.940. The van der Waals surface area contributed by atoms with Gasteiger partial charge in [-0.2, -0.15) is 0 Å². The summed E-state index contributed by atoms with van der Waals surface area (Å²) in [5.41, 5.74) is 0. The fraction of sp³-hybridized carbons (Fsp3) is 0.800. The summed E-state index contributed by atoms with van der Waals surface area (Å²) < 4.78 is 2.02. The van der Waals surface area contributed by atoms with Crippen LogP contribution in [0.3, 0.4) is 0 Å². The minimum atomic E-state index is -0.0252. The van der Waals surface area contributed by atoms with E-state index in [9.17, 15) is 0 Å². The Morgan fingerprint density at radius 2 is 2.47 bits per heavy atom. The smallest absolute Gasteiger partial charge is 0.158 e. The summed E-state index contributed by atoms with van der Waals surface area (Å²) in [5, 5.41) is 16.9. The van der Waals surface area contributed by atoms with Gasteiger partial charge in [0.2, 0.25) is 0 Å². The number of nitrogens with zero attached hydrogens (tertiary/aromatic N) is 4. The molecule has 0 radical (unpaired) electrons. The van der Waals surface area contributed by atoms with Gasteiger partial charge < -0.3 is 14.6 Å². The van der Waals surface area contributed by atoms with Crippen molar-refractivity contribution in [1.29, 1.82) is 0 Å². The molecule has 2 rings (SSSR count). The number of piperidine rings is 1. The third kappa shape index (κ3) is 2.18. The topological polar surface area (TPSA) is 54.2 Å². The lowest BCUT2D eigenvalue weighted by Gasteiger charge is -2.32. The molecule has 0 aromatic carbocycles. The number of aliphatic hydroxyl groups is 1. The van der Waals surface area contributed by atoms with Crippen LogP contribution in [0.15, 0.2) is 6.33 Å². The Balaban J connectivity index is 2.09. The van der Waals surface area contributed by atoms with Gasteiger partial charge in [0.1, 0.15) is 12.9 Å². The molecular weight excluding hydrogens is 192 g/mol. The number of hydrogen-bond acceptors (Lipinski definition) is 4. The van der Waals surface area contributed by atoms with Gasteiger partial charge in [-0.1, -0.05) is 6.92 Å². The molecule has 1 atom stereocenters. The van der Waals surface area contributed by atoms with Crippen LogP contribution in [0.4, 0.5) is 0 Å². The zero-order valence-electron chi connectivity index (χ0n) is 9.13. The van der Waals surface area contributed by atoms with E-state index in [4.69, 9.17) is 5.11 Å². The lowest BCUT2D eigenvalue weighted by atomic mass is 10.1. The Morgan fingerprint density at radius 1 is 1.60 bits per heavy atom. The molecule has 15 heavy (non-hydrogen) atoms. The number of hydrogen-bond donors (Lipinski definition) is 1. The minimum absolute atomic E-state index is 0.0252. The molecule has 1 aromatic heterocycles. The van der Waals surface area contributed by atoms with E-state index in [2.05, 4.69) is 22.0 Å². The first kappa shape index (κ1) is 10.6. The number of likely N-dealkylation sites (N-methyl/N-ethyl adjacent to an activating group) is 1. The van der Waals surface area contributed by atoms with Gasteiger partial charge in [-0.05, 0) is 25.9 Å². The van der Waals surface area contributed by atoms with Crippen molar-refractivity contribution in [2.45, 2.75) is 32.4 Å². The molecule has 1 aliphatic heterocycles. The summed E-state index contributed by atoms with van der Waals surface area (Å²) in [5.74, 6) is 0.679. The number of likely N-dealkylation sites (tertiary alicyclic amines) is 1. The van der Waals surface area contributed by atoms with Gasteiger partial charge in [-0.15, -0.1) is 10.2 Å². The maximum atomic E-state index is 9.12. The van der Waals surface area contributed by atoms with Gasteiger partial charge in [0.05, 0.1) is 0 Å². The third-order valence-corrected chi connectivity index (χ3v) is 3.11. The Morgan fingerprint density at radius 3 is 3.20 bits per heavy atom. The van der Waals surface area contributed by atoms with Crippen LogP contribution in [-0.4, -0.2) is 44.4 Å². The van der Waals surface area contributed by atoms with Crippen molar-refractivity contribution in [3.63, 3.8) is 0 Å². The lowest BCUT2D eigenvalue weighted by molar-refractivity contribution is 0.176. The van der Waals surface area contributed by atoms with Crippen LogP contribution in [0.1, 0.15) is 31.6 Å². The van der Waals surface area contributed by atoms with E-state index < -0.39 is 0 Å². The van der Waals surface area contributed by atoms with Crippen molar-refractivity contribution in [3.8, 4) is 0 Å². The van der Waals surface area contributed by atoms with Crippen molar-refractivity contribution in [1.82, 2.24) is 19.7 Å². The summed E-state index contributed by atoms with van der Waals surface area (Å²) in [6, 6.07) is 0.427. The van der Waals surface area contributed by atoms with Crippen molar-refractivity contribution in [3.05, 3.63) is 12.2 Å². The van der Waals surface area contributed by atoms with E-state index in [1.54, 1.807) is 6.33 Å². The third-order valence-electron chi connectivity index (χ3n) is 3.11. The van der Waals surface area contributed by atoms with Gasteiger partial charge in [0.15, 0.2) is 5.82 Å². The second kappa shape index (κ2) is 4.72. The highest BCUT2D eigenvalue weighted by Gasteiger charge is 2.21. The average Bonchev–Trinajstić information content (AvgIpc) is 2.77. The van der Waals surface area contributed by atoms with Gasteiger partial charge in [-0.25, -0.2) is 0 Å². The van der Waals surface area contributed by atoms with Crippen LogP contribution in [0, 0.1) is 0 Å². The monoisotopic (exact) mass is 210 g/mol. The molecule has 5 heteroatoms. The Labute approximate surface area is 89.7 Å². The number of aromatic nitrogens is 3. The standard InChI is InChI=1S/C10H18N4O/c1-2-13-5-3-4-9(6-13)14-8-11-12-10(14)7-15/h8-9,15H,2-7H2,1H3. The summed E-state index contributed by atoms with van der Waals surface area (Å²) in [6.07, 6.45) is 4.10. The minimum Gasteiger partial charge on any atom is -0.388 e. The first-order chi connectivity index (χ1) is 7.35. The molecule has 0 amide bonds. The van der Waals surface area contributed by atoms with E-state index >= 15 is 0 Å². The summed E-state index contributed by atoms with van der Waals surface area (Å²) in [7, 11) is 0. The maximum absolute atomic E-state index is 9.12. The molecule has 2 heterocycles. The van der Waals surface area contributed by atoms with E-state index in [1.165, 1.54) is 13.0 Å². The largest absolute Gasteiger partial charge is 0.388 e. The molecule has 1 aliphatic rings. The fourth-order valence-electron chi connectivity index (χ4n) is 2.23. The van der Waals surface area contributed by atoms with Crippen molar-refractivity contribution in [2.24, 2.45) is 0 Å². The van der Waals surface area contributed by atoms with Crippen molar-refractivity contribution in [2.75, 3.05) is 19.6 Å². The van der Waals surface area contributed by atoms with Crippen LogP contribution in [0.2, 0.25) is 0 Å². The van der Waals surface area contributed by atoms with Crippen LogP contribution in [0.25, 0.3) is 0 Å². The molecule has 1 aromatic rings. The number of rotatable bonds is 3. The summed E-state index contributed by atoms with van der Waals surface area (Å²) in [6.45, 7) is 5.47. The summed E-state index contributed by atoms with van der Waals surface area (Å²) in [4.78, 5) is 2.43. The van der Waals surface area contributed by atoms with E-state index in [0.717, 1.165) is 19.5 Å². The molecule has 0 spiro atoms. The first-order valence-electron chi connectivity index (χ1n) is 5.56. The zero-order chi connectivity index (χ0) is 10.7. The van der Waals surface area contributed by atoms with Crippen LogP contribution < -0.4 is 0 Å². The van der Waals surface area contributed by atoms with Gasteiger partial charge in [0.25, 0.3) is 0 Å². The van der Waals surface area contributed by atoms with Crippen molar-refractivity contribution < 1.29 is 5.11 Å². The highest BCUT2D eigenvalue weighted by Crippen LogP contribution is 2.21. The maximum Gasteiger partial charge on any atom is 0.158 e. The first-order valence-corrected chi connectivity index (χ1v) is 5.56. The molecule has 84 valence electrons.